The second kappa shape index (κ2) is 6.61. The third-order valence-electron chi connectivity index (χ3n) is 5.67. The molecule has 2 rings (SSSR count). The van der Waals surface area contributed by atoms with E-state index in [-0.39, 0.29) is 11.9 Å². The lowest BCUT2D eigenvalue weighted by Crippen LogP contribution is -2.46. The minimum absolute atomic E-state index is 0.00973. The van der Waals surface area contributed by atoms with Crippen LogP contribution in [0, 0.1) is 28.6 Å². The van der Waals surface area contributed by atoms with E-state index in [1.54, 1.807) is 0 Å². The second-order valence-electron chi connectivity index (χ2n) is 6.79. The van der Waals surface area contributed by atoms with E-state index in [1.165, 1.54) is 12.8 Å². The van der Waals surface area contributed by atoms with Crippen LogP contribution in [0.1, 0.15) is 71.6 Å². The Kier molecular flexibility index (Phi) is 5.07. The molecular weight excluding hydrogens is 248 g/mol. The summed E-state index contributed by atoms with van der Waals surface area (Å²) in [6.07, 6.45) is 9.31. The predicted octanol–water partition coefficient (Wildman–Crippen LogP) is 3.79. The highest BCUT2D eigenvalue weighted by Gasteiger charge is 2.41. The van der Waals surface area contributed by atoms with E-state index in [4.69, 9.17) is 0 Å². The number of rotatable bonds is 3. The summed E-state index contributed by atoms with van der Waals surface area (Å²) in [5.74, 6) is 1.29. The first kappa shape index (κ1) is 15.4. The number of carbonyl (C=O) groups excluding carboxylic acids is 1. The molecule has 2 aliphatic rings. The van der Waals surface area contributed by atoms with Gasteiger partial charge in [0.25, 0.3) is 0 Å². The number of amides is 1. The van der Waals surface area contributed by atoms with Crippen LogP contribution in [0.2, 0.25) is 0 Å². The molecule has 3 unspecified atom stereocenters. The van der Waals surface area contributed by atoms with Gasteiger partial charge in [-0.05, 0) is 37.5 Å². The third-order valence-corrected chi connectivity index (χ3v) is 5.67. The number of carbonyl (C=O) groups is 1. The van der Waals surface area contributed by atoms with E-state index < -0.39 is 5.41 Å². The Hall–Kier alpha value is -1.04. The lowest BCUT2D eigenvalue weighted by molar-refractivity contribution is -0.129. The summed E-state index contributed by atoms with van der Waals surface area (Å²) in [4.78, 5) is 12.7. The molecular formula is C17H28N2O. The van der Waals surface area contributed by atoms with Crippen molar-refractivity contribution in [2.75, 3.05) is 0 Å². The van der Waals surface area contributed by atoms with Crippen molar-refractivity contribution in [2.45, 2.75) is 77.7 Å². The average Bonchev–Trinajstić information content (AvgIpc) is 2.69. The summed E-state index contributed by atoms with van der Waals surface area (Å²) in [6, 6.07) is 2.64. The van der Waals surface area contributed by atoms with Gasteiger partial charge in [0.2, 0.25) is 5.91 Å². The Morgan fingerprint density at radius 1 is 1.25 bits per heavy atom. The van der Waals surface area contributed by atoms with E-state index in [0.29, 0.717) is 5.92 Å². The molecule has 0 saturated heterocycles. The zero-order chi connectivity index (χ0) is 14.6. The van der Waals surface area contributed by atoms with Gasteiger partial charge in [-0.1, -0.05) is 46.0 Å². The highest BCUT2D eigenvalue weighted by molar-refractivity contribution is 5.85. The summed E-state index contributed by atoms with van der Waals surface area (Å²) in [7, 11) is 0. The largest absolute Gasteiger partial charge is 0.352 e. The van der Waals surface area contributed by atoms with Crippen molar-refractivity contribution in [3.05, 3.63) is 0 Å². The van der Waals surface area contributed by atoms with Crippen LogP contribution in [-0.2, 0) is 4.79 Å². The first-order valence-electron chi connectivity index (χ1n) is 8.35. The molecule has 2 saturated carbocycles. The maximum absolute atomic E-state index is 12.7. The molecule has 0 aliphatic heterocycles. The van der Waals surface area contributed by atoms with Crippen molar-refractivity contribution >= 4 is 5.91 Å². The van der Waals surface area contributed by atoms with E-state index in [0.717, 1.165) is 50.9 Å². The molecule has 3 atom stereocenters. The summed E-state index contributed by atoms with van der Waals surface area (Å²) >= 11 is 0. The zero-order valence-corrected chi connectivity index (χ0v) is 13.0. The first-order valence-corrected chi connectivity index (χ1v) is 8.35. The Morgan fingerprint density at radius 3 is 2.40 bits per heavy atom. The fourth-order valence-electron chi connectivity index (χ4n) is 4.06. The molecule has 3 nitrogen and oxygen atoms in total. The lowest BCUT2D eigenvalue weighted by Gasteiger charge is -2.28. The minimum atomic E-state index is -0.749. The number of hydrogen-bond donors (Lipinski definition) is 1. The number of hydrogen-bond acceptors (Lipinski definition) is 2. The molecule has 0 spiro atoms. The van der Waals surface area contributed by atoms with Crippen LogP contribution in [0.5, 0.6) is 0 Å². The second-order valence-corrected chi connectivity index (χ2v) is 6.79. The van der Waals surface area contributed by atoms with Crippen LogP contribution in [0.4, 0.5) is 0 Å². The summed E-state index contributed by atoms with van der Waals surface area (Å²) in [5, 5.41) is 12.8. The number of nitrogens with zero attached hydrogens (tertiary/aromatic N) is 1. The lowest BCUT2D eigenvalue weighted by atomic mass is 9.80. The summed E-state index contributed by atoms with van der Waals surface area (Å²) in [5.41, 5.74) is -0.749. The predicted molar refractivity (Wildman–Crippen MR) is 79.9 cm³/mol. The molecule has 112 valence electrons. The quantitative estimate of drug-likeness (QED) is 0.797. The standard InChI is InChI=1S/C17H28N2O/c1-3-14-8-9-15(13(14)2)19-16(20)17(12-18)10-6-4-5-7-11-17/h13-15H,3-11H2,1-2H3,(H,19,20). The Labute approximate surface area is 123 Å². The van der Waals surface area contributed by atoms with Crippen LogP contribution in [0.3, 0.4) is 0 Å². The van der Waals surface area contributed by atoms with Gasteiger partial charge in [-0.3, -0.25) is 4.79 Å². The fraction of sp³-hybridized carbons (Fsp3) is 0.882. The molecule has 20 heavy (non-hydrogen) atoms. The monoisotopic (exact) mass is 276 g/mol. The molecule has 0 aromatic rings. The molecule has 1 amide bonds. The number of nitrogens with one attached hydrogen (secondary N) is 1. The van der Waals surface area contributed by atoms with Crippen molar-refractivity contribution in [1.82, 2.24) is 5.32 Å². The van der Waals surface area contributed by atoms with Gasteiger partial charge >= 0.3 is 0 Å². The van der Waals surface area contributed by atoms with Gasteiger partial charge in [-0.25, -0.2) is 0 Å². The van der Waals surface area contributed by atoms with E-state index in [2.05, 4.69) is 25.2 Å². The third kappa shape index (κ3) is 3.00. The van der Waals surface area contributed by atoms with Gasteiger partial charge in [-0.15, -0.1) is 0 Å². The summed E-state index contributed by atoms with van der Waals surface area (Å²) in [6.45, 7) is 4.48. The van der Waals surface area contributed by atoms with Crippen LogP contribution in [0.15, 0.2) is 0 Å². The van der Waals surface area contributed by atoms with Crippen LogP contribution < -0.4 is 5.32 Å². The molecule has 0 aromatic heterocycles. The van der Waals surface area contributed by atoms with Gasteiger partial charge in [0.15, 0.2) is 0 Å². The van der Waals surface area contributed by atoms with Crippen LogP contribution in [-0.4, -0.2) is 11.9 Å². The average molecular weight is 276 g/mol. The Balaban J connectivity index is 2.01. The molecule has 0 heterocycles. The maximum Gasteiger partial charge on any atom is 0.240 e. The first-order chi connectivity index (χ1) is 9.63. The number of nitriles is 1. The van der Waals surface area contributed by atoms with E-state index in [9.17, 15) is 10.1 Å². The van der Waals surface area contributed by atoms with E-state index >= 15 is 0 Å². The van der Waals surface area contributed by atoms with Gasteiger partial charge in [0.05, 0.1) is 6.07 Å². The minimum Gasteiger partial charge on any atom is -0.352 e. The summed E-state index contributed by atoms with van der Waals surface area (Å²) < 4.78 is 0. The molecule has 0 aromatic carbocycles. The maximum atomic E-state index is 12.7. The highest BCUT2D eigenvalue weighted by atomic mass is 16.2. The van der Waals surface area contributed by atoms with Crippen LogP contribution in [0.25, 0.3) is 0 Å². The molecule has 1 N–H and O–H groups in total. The van der Waals surface area contributed by atoms with Gasteiger partial charge in [-0.2, -0.15) is 5.26 Å². The van der Waals surface area contributed by atoms with Crippen molar-refractivity contribution in [3.63, 3.8) is 0 Å². The van der Waals surface area contributed by atoms with Crippen molar-refractivity contribution in [1.29, 1.82) is 5.26 Å². The van der Waals surface area contributed by atoms with Crippen LogP contribution >= 0.6 is 0 Å². The van der Waals surface area contributed by atoms with Gasteiger partial charge < -0.3 is 5.32 Å². The Morgan fingerprint density at radius 2 is 1.90 bits per heavy atom. The van der Waals surface area contributed by atoms with E-state index in [1.807, 2.05) is 0 Å². The Bertz CT molecular complexity index is 377. The normalized spacial score (nSPS) is 33.1. The van der Waals surface area contributed by atoms with Crippen molar-refractivity contribution in [3.8, 4) is 6.07 Å². The molecule has 0 radical (unpaired) electrons. The fourth-order valence-corrected chi connectivity index (χ4v) is 4.06. The topological polar surface area (TPSA) is 52.9 Å². The van der Waals surface area contributed by atoms with Gasteiger partial charge in [0, 0.05) is 6.04 Å². The zero-order valence-electron chi connectivity index (χ0n) is 13.0. The van der Waals surface area contributed by atoms with Crippen molar-refractivity contribution < 1.29 is 4.79 Å². The SMILES string of the molecule is CCC1CCC(NC(=O)C2(C#N)CCCCCC2)C1C. The molecule has 2 fully saturated rings. The van der Waals surface area contributed by atoms with Crippen molar-refractivity contribution in [2.24, 2.45) is 17.3 Å². The smallest absolute Gasteiger partial charge is 0.240 e. The van der Waals surface area contributed by atoms with Gasteiger partial charge in [0.1, 0.15) is 5.41 Å². The molecule has 0 bridgehead atoms. The molecule has 2 aliphatic carbocycles. The highest BCUT2D eigenvalue weighted by Crippen LogP contribution is 2.37. The molecule has 3 heteroatoms.